The predicted molar refractivity (Wildman–Crippen MR) is 132 cm³/mol. The summed E-state index contributed by atoms with van der Waals surface area (Å²) in [7, 11) is 1.46. The molecule has 2 unspecified atom stereocenters. The molecule has 1 rings (SSSR count). The molecule has 40 heavy (non-hydrogen) atoms. The number of hydrogen-bond donors (Lipinski definition) is 6. The number of hydrogen-bond acceptors (Lipinski definition) is 11. The van der Waals surface area contributed by atoms with E-state index >= 15 is 0 Å². The lowest BCUT2D eigenvalue weighted by atomic mass is 9.84. The van der Waals surface area contributed by atoms with Crippen molar-refractivity contribution in [2.24, 2.45) is 5.92 Å². The summed E-state index contributed by atoms with van der Waals surface area (Å²) in [4.78, 5) is 72.0. The van der Waals surface area contributed by atoms with E-state index in [4.69, 9.17) is 19.7 Å². The molecule has 1 fully saturated rings. The Kier molecular flexibility index (Phi) is 15.0. The second-order valence-corrected chi connectivity index (χ2v) is 9.46. The number of ether oxygens (including phenoxy) is 2. The minimum atomic E-state index is -1.37. The second kappa shape index (κ2) is 17.3. The molecule has 0 aromatic heterocycles. The van der Waals surface area contributed by atoms with Crippen molar-refractivity contribution in [3.8, 4) is 0 Å². The number of methoxy groups -OCH3 is 1. The Morgan fingerprint density at radius 2 is 1.20 bits per heavy atom. The van der Waals surface area contributed by atoms with Crippen LogP contribution in [0.1, 0.15) is 19.3 Å². The molecular weight excluding hydrogens is 542 g/mol. The molecular formula is C23H37N3O14. The zero-order valence-electron chi connectivity index (χ0n) is 22.1. The van der Waals surface area contributed by atoms with Gasteiger partial charge in [-0.3, -0.25) is 43.5 Å². The Labute approximate surface area is 229 Å². The van der Waals surface area contributed by atoms with Crippen LogP contribution in [0.25, 0.3) is 0 Å². The fourth-order valence-electron chi connectivity index (χ4n) is 4.55. The van der Waals surface area contributed by atoms with Gasteiger partial charge in [-0.05, 0) is 19.3 Å². The van der Waals surface area contributed by atoms with Crippen LogP contribution in [0.2, 0.25) is 0 Å². The van der Waals surface area contributed by atoms with Crippen molar-refractivity contribution in [2.75, 3.05) is 66.1 Å². The van der Waals surface area contributed by atoms with Crippen molar-refractivity contribution in [1.82, 2.24) is 14.7 Å². The maximum atomic E-state index is 11.8. The normalized spacial score (nSPS) is 19.9. The zero-order valence-corrected chi connectivity index (χ0v) is 22.1. The quantitative estimate of drug-likeness (QED) is 0.0857. The number of rotatable bonds is 21. The first-order valence-electron chi connectivity index (χ1n) is 12.4. The molecule has 0 spiro atoms. The van der Waals surface area contributed by atoms with Crippen molar-refractivity contribution in [3.05, 3.63) is 0 Å². The van der Waals surface area contributed by atoms with E-state index in [2.05, 4.69) is 0 Å². The highest BCUT2D eigenvalue weighted by atomic mass is 16.5. The molecule has 0 saturated heterocycles. The van der Waals surface area contributed by atoms with Gasteiger partial charge >= 0.3 is 35.8 Å². The zero-order chi connectivity index (χ0) is 30.4. The third-order valence-electron chi connectivity index (χ3n) is 6.36. The Balaban J connectivity index is 3.18. The van der Waals surface area contributed by atoms with E-state index in [0.29, 0.717) is 12.8 Å². The third kappa shape index (κ3) is 13.6. The summed E-state index contributed by atoms with van der Waals surface area (Å²) in [5.41, 5.74) is 0. The molecule has 1 aliphatic carbocycles. The lowest BCUT2D eigenvalue weighted by Gasteiger charge is -2.37. The van der Waals surface area contributed by atoms with Crippen LogP contribution in [-0.4, -0.2) is 165 Å². The average molecular weight is 580 g/mol. The fraction of sp³-hybridized carbons (Fsp3) is 0.739. The molecule has 0 aromatic rings. The molecule has 0 heterocycles. The van der Waals surface area contributed by atoms with Crippen LogP contribution in [0.3, 0.4) is 0 Å². The van der Waals surface area contributed by atoms with Crippen molar-refractivity contribution in [3.63, 3.8) is 0 Å². The van der Waals surface area contributed by atoms with Crippen molar-refractivity contribution < 1.29 is 68.9 Å². The highest BCUT2D eigenvalue weighted by Crippen LogP contribution is 2.29. The monoisotopic (exact) mass is 579 g/mol. The summed E-state index contributed by atoms with van der Waals surface area (Å²) < 4.78 is 11.1. The first-order valence-corrected chi connectivity index (χ1v) is 12.4. The molecule has 0 amide bonds. The van der Waals surface area contributed by atoms with E-state index in [-0.39, 0.29) is 38.8 Å². The van der Waals surface area contributed by atoms with Crippen LogP contribution in [0.15, 0.2) is 0 Å². The minimum absolute atomic E-state index is 0.159. The van der Waals surface area contributed by atoms with Crippen LogP contribution in [0.4, 0.5) is 0 Å². The van der Waals surface area contributed by atoms with E-state index in [1.54, 1.807) is 0 Å². The van der Waals surface area contributed by atoms with Crippen molar-refractivity contribution in [2.45, 2.75) is 37.5 Å². The summed E-state index contributed by atoms with van der Waals surface area (Å²) in [6, 6.07) is -1.03. The van der Waals surface area contributed by atoms with Crippen LogP contribution in [0, 0.1) is 5.92 Å². The molecule has 1 saturated carbocycles. The van der Waals surface area contributed by atoms with Crippen molar-refractivity contribution >= 4 is 35.8 Å². The number of nitrogens with zero attached hydrogens (tertiary/aromatic N) is 3. The predicted octanol–water partition coefficient (Wildman–Crippen LogP) is -2.03. The first kappa shape index (κ1) is 34.6. The molecule has 0 radical (unpaired) electrons. The first-order chi connectivity index (χ1) is 18.7. The second-order valence-electron chi connectivity index (χ2n) is 9.46. The molecule has 1 aliphatic rings. The van der Waals surface area contributed by atoms with Crippen LogP contribution < -0.4 is 0 Å². The minimum Gasteiger partial charge on any atom is -0.481 e. The van der Waals surface area contributed by atoms with Gasteiger partial charge in [0, 0.05) is 32.8 Å². The standard InChI is InChI=1S/C23H37N3O14/c1-39-15-2-3-17(16(6-15)23(37)38)40-13-14(26(11-21(33)34)12-22(35)36)7-24(8-18(27)28)4-5-25(9-19(29)30)10-20(31)32/h14-17H,2-13H2,1H3,(H,27,28)(H,29,30)(H,31,32)(H,33,34)(H,35,36)(H,37,38)/t14?,15-,16?,17+/m1/s1. The van der Waals surface area contributed by atoms with Gasteiger partial charge in [-0.15, -0.1) is 0 Å². The Bertz CT molecular complexity index is 868. The van der Waals surface area contributed by atoms with Crippen LogP contribution >= 0.6 is 0 Å². The fourth-order valence-corrected chi connectivity index (χ4v) is 4.55. The summed E-state index contributed by atoms with van der Waals surface area (Å²) in [6.07, 6.45) is -0.116. The van der Waals surface area contributed by atoms with Gasteiger partial charge in [-0.25, -0.2) is 0 Å². The highest BCUT2D eigenvalue weighted by Gasteiger charge is 2.37. The molecule has 0 aromatic carbocycles. The van der Waals surface area contributed by atoms with Gasteiger partial charge in [0.05, 0.1) is 57.5 Å². The summed E-state index contributed by atoms with van der Waals surface area (Å²) in [6.45, 7) is -4.31. The Morgan fingerprint density at radius 1 is 0.725 bits per heavy atom. The molecule has 228 valence electrons. The topological polar surface area (TPSA) is 252 Å². The van der Waals surface area contributed by atoms with E-state index < -0.39 is 86.6 Å². The van der Waals surface area contributed by atoms with E-state index in [1.165, 1.54) is 12.0 Å². The molecule has 6 N–H and O–H groups in total. The molecule has 17 nitrogen and oxygen atoms in total. The van der Waals surface area contributed by atoms with Gasteiger partial charge in [-0.2, -0.15) is 0 Å². The molecule has 4 atom stereocenters. The Morgan fingerprint density at radius 3 is 1.65 bits per heavy atom. The average Bonchev–Trinajstić information content (AvgIpc) is 2.82. The third-order valence-corrected chi connectivity index (χ3v) is 6.36. The van der Waals surface area contributed by atoms with E-state index in [9.17, 15) is 49.2 Å². The number of aliphatic carboxylic acids is 6. The van der Waals surface area contributed by atoms with Gasteiger partial charge in [0.15, 0.2) is 0 Å². The lowest BCUT2D eigenvalue weighted by Crippen LogP contribution is -2.53. The maximum Gasteiger partial charge on any atom is 0.317 e. The summed E-state index contributed by atoms with van der Waals surface area (Å²) in [5.74, 6) is -8.70. The Hall–Kier alpha value is -3.38. The van der Waals surface area contributed by atoms with Crippen LogP contribution in [-0.2, 0) is 38.2 Å². The maximum absolute atomic E-state index is 11.8. The van der Waals surface area contributed by atoms with Gasteiger partial charge in [-0.1, -0.05) is 0 Å². The lowest BCUT2D eigenvalue weighted by molar-refractivity contribution is -0.155. The van der Waals surface area contributed by atoms with Crippen LogP contribution in [0.5, 0.6) is 0 Å². The molecule has 0 aliphatic heterocycles. The smallest absolute Gasteiger partial charge is 0.317 e. The van der Waals surface area contributed by atoms with Gasteiger partial charge in [0.2, 0.25) is 0 Å². The largest absolute Gasteiger partial charge is 0.481 e. The summed E-state index contributed by atoms with van der Waals surface area (Å²) >= 11 is 0. The van der Waals surface area contributed by atoms with Crippen molar-refractivity contribution in [1.29, 1.82) is 0 Å². The van der Waals surface area contributed by atoms with E-state index in [1.807, 2.05) is 0 Å². The summed E-state index contributed by atoms with van der Waals surface area (Å²) in [5, 5.41) is 55.9. The molecule has 0 bridgehead atoms. The van der Waals surface area contributed by atoms with E-state index in [0.717, 1.165) is 9.80 Å². The molecule has 17 heteroatoms. The highest BCUT2D eigenvalue weighted by molar-refractivity contribution is 5.73. The van der Waals surface area contributed by atoms with Gasteiger partial charge in [0.25, 0.3) is 0 Å². The number of carbonyl (C=O) groups is 6. The van der Waals surface area contributed by atoms with Gasteiger partial charge in [0.1, 0.15) is 0 Å². The SMILES string of the molecule is CO[C@@H]1CC[C@H](OCC(CN(CCN(CC(=O)O)CC(=O)O)CC(=O)O)N(CC(=O)O)CC(=O)O)C(C(=O)O)C1. The van der Waals surface area contributed by atoms with Gasteiger partial charge < -0.3 is 40.1 Å². The number of carboxylic acid groups (broad SMARTS) is 6. The number of carboxylic acids is 6.